The maximum absolute atomic E-state index is 13.1. The highest BCUT2D eigenvalue weighted by Crippen LogP contribution is 2.43. The molecular formula is C23H33N5O3. The van der Waals surface area contributed by atoms with Crippen molar-refractivity contribution in [3.8, 4) is 5.69 Å². The quantitative estimate of drug-likeness (QED) is 0.677. The van der Waals surface area contributed by atoms with Crippen LogP contribution in [0.25, 0.3) is 5.69 Å². The molecule has 1 aromatic heterocycles. The Morgan fingerprint density at radius 2 is 1.94 bits per heavy atom. The highest BCUT2D eigenvalue weighted by molar-refractivity contribution is 5.90. The van der Waals surface area contributed by atoms with Crippen LogP contribution in [0.2, 0.25) is 0 Å². The first kappa shape index (κ1) is 21.8. The average molecular weight is 428 g/mol. The molecule has 1 aromatic carbocycles. The van der Waals surface area contributed by atoms with Gasteiger partial charge in [-0.05, 0) is 38.8 Å². The number of anilines is 1. The maximum atomic E-state index is 13.1. The van der Waals surface area contributed by atoms with Crippen molar-refractivity contribution in [2.45, 2.75) is 38.7 Å². The van der Waals surface area contributed by atoms with Crippen LogP contribution in [-0.2, 0) is 4.74 Å². The number of β-amino-alcohol motifs (C(OH)–C–C–N with tert-alkyl or cyclic N) is 1. The van der Waals surface area contributed by atoms with Crippen molar-refractivity contribution in [1.29, 1.82) is 0 Å². The zero-order valence-corrected chi connectivity index (χ0v) is 18.5. The second-order valence-corrected chi connectivity index (χ2v) is 8.41. The summed E-state index contributed by atoms with van der Waals surface area (Å²) in [6, 6.07) is 9.85. The van der Waals surface area contributed by atoms with Gasteiger partial charge in [-0.2, -0.15) is 5.10 Å². The minimum absolute atomic E-state index is 0.1000. The number of benzene rings is 1. The van der Waals surface area contributed by atoms with Crippen molar-refractivity contribution >= 4 is 11.8 Å². The molecule has 8 heteroatoms. The first-order valence-corrected chi connectivity index (χ1v) is 11.3. The van der Waals surface area contributed by atoms with Gasteiger partial charge in [0.15, 0.2) is 0 Å². The van der Waals surface area contributed by atoms with E-state index in [1.807, 2.05) is 53.8 Å². The van der Waals surface area contributed by atoms with Gasteiger partial charge >= 0.3 is 6.03 Å². The Morgan fingerprint density at radius 3 is 2.58 bits per heavy atom. The van der Waals surface area contributed by atoms with Gasteiger partial charge in [0.1, 0.15) is 5.82 Å². The van der Waals surface area contributed by atoms with Gasteiger partial charge in [-0.3, -0.25) is 10.2 Å². The number of para-hydroxylation sites is 1. The molecule has 2 fully saturated rings. The van der Waals surface area contributed by atoms with E-state index in [4.69, 9.17) is 9.84 Å². The molecule has 1 saturated heterocycles. The molecule has 168 valence electrons. The van der Waals surface area contributed by atoms with Crippen molar-refractivity contribution in [3.63, 3.8) is 0 Å². The fraction of sp³-hybridized carbons (Fsp3) is 0.565. The molecule has 1 aliphatic heterocycles. The molecule has 0 bridgehead atoms. The Bertz CT molecular complexity index is 873. The average Bonchev–Trinajstić information content (AvgIpc) is 3.58. The highest BCUT2D eigenvalue weighted by atomic mass is 16.5. The minimum Gasteiger partial charge on any atom is -0.389 e. The number of carbonyl (C=O) groups is 1. The second kappa shape index (κ2) is 9.80. The number of aliphatic hydroxyl groups is 1. The van der Waals surface area contributed by atoms with Crippen LogP contribution in [0.4, 0.5) is 10.6 Å². The van der Waals surface area contributed by atoms with E-state index in [1.54, 1.807) is 0 Å². The van der Waals surface area contributed by atoms with E-state index >= 15 is 0 Å². The van der Waals surface area contributed by atoms with Crippen molar-refractivity contribution in [2.24, 2.45) is 0 Å². The predicted octanol–water partition coefficient (Wildman–Crippen LogP) is 2.61. The zero-order chi connectivity index (χ0) is 21.8. The third kappa shape index (κ3) is 5.26. The van der Waals surface area contributed by atoms with Gasteiger partial charge in [-0.25, -0.2) is 9.48 Å². The summed E-state index contributed by atoms with van der Waals surface area (Å²) in [4.78, 5) is 17.1. The SMILES string of the molecule is CCOC[C@@H](O)CN1CCN(C(=O)Nc2c(C)c(C3CC3)nn2-c2ccccc2)CC1. The number of nitrogens with one attached hydrogen (secondary N) is 1. The number of carbonyl (C=O) groups excluding carboxylic acids is 1. The van der Waals surface area contributed by atoms with Gasteiger partial charge in [0.25, 0.3) is 0 Å². The molecular weight excluding hydrogens is 394 g/mol. The second-order valence-electron chi connectivity index (χ2n) is 8.41. The molecule has 0 unspecified atom stereocenters. The summed E-state index contributed by atoms with van der Waals surface area (Å²) in [5.74, 6) is 1.26. The maximum Gasteiger partial charge on any atom is 0.323 e. The van der Waals surface area contributed by atoms with Crippen LogP contribution in [0.1, 0.15) is 36.9 Å². The van der Waals surface area contributed by atoms with Crippen molar-refractivity contribution in [1.82, 2.24) is 19.6 Å². The summed E-state index contributed by atoms with van der Waals surface area (Å²) in [7, 11) is 0. The van der Waals surface area contributed by atoms with Crippen molar-refractivity contribution < 1.29 is 14.6 Å². The van der Waals surface area contributed by atoms with Gasteiger partial charge in [0.05, 0.1) is 24.1 Å². The van der Waals surface area contributed by atoms with E-state index in [0.717, 1.165) is 48.7 Å². The normalized spacial score (nSPS) is 18.2. The summed E-state index contributed by atoms with van der Waals surface area (Å²) >= 11 is 0. The molecule has 31 heavy (non-hydrogen) atoms. The van der Waals surface area contributed by atoms with Crippen LogP contribution < -0.4 is 5.32 Å². The van der Waals surface area contributed by atoms with Crippen LogP contribution in [0.15, 0.2) is 30.3 Å². The summed E-state index contributed by atoms with van der Waals surface area (Å²) < 4.78 is 7.15. The Hall–Kier alpha value is -2.42. The monoisotopic (exact) mass is 427 g/mol. The minimum atomic E-state index is -0.496. The van der Waals surface area contributed by atoms with E-state index in [2.05, 4.69) is 10.2 Å². The van der Waals surface area contributed by atoms with Crippen molar-refractivity contribution in [3.05, 3.63) is 41.6 Å². The van der Waals surface area contributed by atoms with E-state index in [9.17, 15) is 9.90 Å². The van der Waals surface area contributed by atoms with Crippen LogP contribution in [0.5, 0.6) is 0 Å². The summed E-state index contributed by atoms with van der Waals surface area (Å²) in [6.45, 7) is 8.22. The predicted molar refractivity (Wildman–Crippen MR) is 120 cm³/mol. The molecule has 2 heterocycles. The molecule has 2 aromatic rings. The molecule has 2 N–H and O–H groups in total. The summed E-state index contributed by atoms with van der Waals surface area (Å²) in [5, 5.41) is 18.0. The lowest BCUT2D eigenvalue weighted by Gasteiger charge is -2.35. The number of piperazine rings is 1. The number of ether oxygens (including phenoxy) is 1. The molecule has 4 rings (SSSR count). The summed E-state index contributed by atoms with van der Waals surface area (Å²) in [5.41, 5.74) is 3.09. The molecule has 0 radical (unpaired) electrons. The first-order chi connectivity index (χ1) is 15.1. The topological polar surface area (TPSA) is 82.9 Å². The van der Waals surface area contributed by atoms with Crippen LogP contribution >= 0.6 is 0 Å². The smallest absolute Gasteiger partial charge is 0.323 e. The van der Waals surface area contributed by atoms with Crippen molar-refractivity contribution in [2.75, 3.05) is 51.3 Å². The van der Waals surface area contributed by atoms with Gasteiger partial charge in [-0.1, -0.05) is 18.2 Å². The fourth-order valence-electron chi connectivity index (χ4n) is 4.08. The summed E-state index contributed by atoms with van der Waals surface area (Å²) in [6.07, 6.45) is 1.83. The van der Waals surface area contributed by atoms with E-state index < -0.39 is 6.10 Å². The number of nitrogens with zero attached hydrogens (tertiary/aromatic N) is 4. The number of aliphatic hydroxyl groups excluding tert-OH is 1. The lowest BCUT2D eigenvalue weighted by molar-refractivity contribution is 0.0139. The van der Waals surface area contributed by atoms with E-state index in [-0.39, 0.29) is 6.03 Å². The molecule has 1 aliphatic carbocycles. The van der Waals surface area contributed by atoms with E-state index in [1.165, 1.54) is 0 Å². The third-order valence-electron chi connectivity index (χ3n) is 5.99. The molecule has 1 atom stereocenters. The van der Waals surface area contributed by atoms with Crippen LogP contribution in [0.3, 0.4) is 0 Å². The number of urea groups is 1. The largest absolute Gasteiger partial charge is 0.389 e. The Kier molecular flexibility index (Phi) is 6.89. The lowest BCUT2D eigenvalue weighted by atomic mass is 10.2. The van der Waals surface area contributed by atoms with Gasteiger partial charge in [0, 0.05) is 50.8 Å². The number of hydrogen-bond acceptors (Lipinski definition) is 5. The number of hydrogen-bond donors (Lipinski definition) is 2. The molecule has 8 nitrogen and oxygen atoms in total. The lowest BCUT2D eigenvalue weighted by Crippen LogP contribution is -2.52. The van der Waals surface area contributed by atoms with Gasteiger partial charge in [-0.15, -0.1) is 0 Å². The number of rotatable bonds is 8. The fourth-order valence-corrected chi connectivity index (χ4v) is 4.08. The number of amides is 2. The third-order valence-corrected chi connectivity index (χ3v) is 5.99. The Balaban J connectivity index is 1.40. The van der Waals surface area contributed by atoms with Gasteiger partial charge in [0.2, 0.25) is 0 Å². The zero-order valence-electron chi connectivity index (χ0n) is 18.5. The first-order valence-electron chi connectivity index (χ1n) is 11.3. The highest BCUT2D eigenvalue weighted by Gasteiger charge is 2.32. The standard InChI is InChI=1S/C23H33N5O3/c1-3-31-16-20(29)15-26-11-13-27(14-12-26)23(30)24-22-17(2)21(18-9-10-18)25-28(22)19-7-5-4-6-8-19/h4-8,18,20,29H,3,9-16H2,1-2H3,(H,24,30)/t20-/m0/s1. The molecule has 0 spiro atoms. The van der Waals surface area contributed by atoms with E-state index in [0.29, 0.717) is 38.8 Å². The van der Waals surface area contributed by atoms with Crippen LogP contribution in [0, 0.1) is 6.92 Å². The Morgan fingerprint density at radius 1 is 1.23 bits per heavy atom. The van der Waals surface area contributed by atoms with Crippen LogP contribution in [-0.4, -0.2) is 82.8 Å². The molecule has 2 aliphatic rings. The molecule has 2 amide bonds. The molecule has 1 saturated carbocycles. The Labute approximate surface area is 183 Å². The number of aromatic nitrogens is 2. The van der Waals surface area contributed by atoms with Gasteiger partial charge < -0.3 is 14.7 Å².